The van der Waals surface area contributed by atoms with Gasteiger partial charge in [-0.2, -0.15) is 0 Å². The van der Waals surface area contributed by atoms with Gasteiger partial charge in [0, 0.05) is 28.7 Å². The Balaban J connectivity index is 2.25. The van der Waals surface area contributed by atoms with Gasteiger partial charge in [0.25, 0.3) is 5.69 Å². The maximum Gasteiger partial charge on any atom is 0.269 e. The van der Waals surface area contributed by atoms with E-state index in [2.05, 4.69) is 0 Å². The first-order valence-corrected chi connectivity index (χ1v) is 9.06. The number of non-ortho nitro benzene ring substituents is 1. The molecule has 0 bridgehead atoms. The molecule has 0 amide bonds. The average molecular weight is 345 g/mol. The lowest BCUT2D eigenvalue weighted by Crippen LogP contribution is -1.98. The minimum atomic E-state index is -3.50. The molecule has 0 radical (unpaired) electrons. The quantitative estimate of drug-likeness (QED) is 0.573. The van der Waals surface area contributed by atoms with Crippen LogP contribution in [0.3, 0.4) is 0 Å². The van der Waals surface area contributed by atoms with Gasteiger partial charge in [0.2, 0.25) is 0 Å². The van der Waals surface area contributed by atoms with Crippen LogP contribution >= 0.6 is 0 Å². The summed E-state index contributed by atoms with van der Waals surface area (Å²) in [5.74, 6) is 0. The van der Waals surface area contributed by atoms with Gasteiger partial charge < -0.3 is 4.55 Å². The normalized spacial score (nSPS) is 13.6. The minimum absolute atomic E-state index is 0.0126. The minimum Gasteiger partial charge on any atom is -0.302 e. The van der Waals surface area contributed by atoms with E-state index in [1.165, 1.54) is 18.2 Å². The SMILES string of the molecule is O=[N+]([O-])c1ccc(-c2ccc(S(=O)(O)=S)c3ccccc23)cc1. The lowest BCUT2D eigenvalue weighted by atomic mass is 9.98. The van der Waals surface area contributed by atoms with E-state index >= 15 is 0 Å². The van der Waals surface area contributed by atoms with Crippen molar-refractivity contribution >= 4 is 36.4 Å². The number of fused-ring (bicyclic) bond motifs is 1. The molecule has 3 aromatic rings. The summed E-state index contributed by atoms with van der Waals surface area (Å²) in [7, 11) is -3.50. The summed E-state index contributed by atoms with van der Waals surface area (Å²) >= 11 is 4.69. The van der Waals surface area contributed by atoms with Crippen molar-refractivity contribution in [2.75, 3.05) is 0 Å². The zero-order valence-electron chi connectivity index (χ0n) is 11.7. The van der Waals surface area contributed by atoms with Crippen LogP contribution in [0, 0.1) is 10.1 Å². The lowest BCUT2D eigenvalue weighted by Gasteiger charge is -2.11. The fraction of sp³-hybridized carbons (Fsp3) is 0. The Morgan fingerprint density at radius 2 is 1.57 bits per heavy atom. The van der Waals surface area contributed by atoms with Gasteiger partial charge in [0.05, 0.1) is 9.82 Å². The zero-order valence-corrected chi connectivity index (χ0v) is 13.3. The van der Waals surface area contributed by atoms with Crippen molar-refractivity contribution in [1.29, 1.82) is 0 Å². The molecule has 116 valence electrons. The molecule has 0 saturated carbocycles. The van der Waals surface area contributed by atoms with Gasteiger partial charge in [-0.15, -0.1) is 0 Å². The zero-order chi connectivity index (χ0) is 16.6. The maximum atomic E-state index is 11.9. The molecule has 0 aromatic heterocycles. The summed E-state index contributed by atoms with van der Waals surface area (Å²) in [6.45, 7) is 0. The molecule has 0 heterocycles. The van der Waals surface area contributed by atoms with Gasteiger partial charge in [0.1, 0.15) is 0 Å². The van der Waals surface area contributed by atoms with Gasteiger partial charge in [0.15, 0.2) is 8.77 Å². The summed E-state index contributed by atoms with van der Waals surface area (Å²) < 4.78 is 21.6. The van der Waals surface area contributed by atoms with Gasteiger partial charge in [-0.3, -0.25) is 10.1 Å². The largest absolute Gasteiger partial charge is 0.302 e. The molecule has 5 nitrogen and oxygen atoms in total. The smallest absolute Gasteiger partial charge is 0.269 e. The van der Waals surface area contributed by atoms with E-state index in [4.69, 9.17) is 11.2 Å². The summed E-state index contributed by atoms with van der Waals surface area (Å²) in [6.07, 6.45) is 0. The summed E-state index contributed by atoms with van der Waals surface area (Å²) in [4.78, 5) is 10.5. The van der Waals surface area contributed by atoms with E-state index in [9.17, 15) is 18.9 Å². The Labute approximate surface area is 137 Å². The van der Waals surface area contributed by atoms with E-state index in [1.54, 1.807) is 30.3 Å². The van der Waals surface area contributed by atoms with Crippen molar-refractivity contribution in [2.24, 2.45) is 0 Å². The fourth-order valence-corrected chi connectivity index (χ4v) is 3.64. The molecule has 0 aliphatic heterocycles. The molecule has 7 heteroatoms. The van der Waals surface area contributed by atoms with Crippen molar-refractivity contribution in [3.63, 3.8) is 0 Å². The molecular weight excluding hydrogens is 334 g/mol. The first-order valence-electron chi connectivity index (χ1n) is 6.62. The fourth-order valence-electron chi connectivity index (χ4n) is 2.51. The molecule has 23 heavy (non-hydrogen) atoms. The molecule has 0 aliphatic rings. The second-order valence-corrected chi connectivity index (χ2v) is 7.68. The molecule has 3 rings (SSSR count). The van der Waals surface area contributed by atoms with Gasteiger partial charge in [-0.05, 0) is 34.7 Å². The first-order chi connectivity index (χ1) is 10.9. The second kappa shape index (κ2) is 5.69. The van der Waals surface area contributed by atoms with Gasteiger partial charge in [-0.1, -0.05) is 30.3 Å². The number of hydrogen-bond acceptors (Lipinski definition) is 4. The Bertz CT molecular complexity index is 1010. The Morgan fingerprint density at radius 1 is 0.957 bits per heavy atom. The average Bonchev–Trinajstić information content (AvgIpc) is 2.53. The van der Waals surface area contributed by atoms with E-state index in [1.807, 2.05) is 12.1 Å². The van der Waals surface area contributed by atoms with Crippen LogP contribution in [0.15, 0.2) is 65.6 Å². The van der Waals surface area contributed by atoms with Crippen LogP contribution in [0.5, 0.6) is 0 Å². The van der Waals surface area contributed by atoms with Gasteiger partial charge in [-0.25, -0.2) is 4.21 Å². The monoisotopic (exact) mass is 345 g/mol. The van der Waals surface area contributed by atoms with E-state index < -0.39 is 13.7 Å². The third-order valence-electron chi connectivity index (χ3n) is 3.55. The van der Waals surface area contributed by atoms with E-state index in [0.717, 1.165) is 16.5 Å². The Hall–Kier alpha value is -2.35. The summed E-state index contributed by atoms with van der Waals surface area (Å²) in [5.41, 5.74) is 1.61. The van der Waals surface area contributed by atoms with Crippen LogP contribution in [0.4, 0.5) is 5.69 Å². The molecule has 0 saturated heterocycles. The second-order valence-electron chi connectivity index (χ2n) is 4.94. The Kier molecular flexibility index (Phi) is 3.85. The molecule has 0 aliphatic carbocycles. The van der Waals surface area contributed by atoms with Gasteiger partial charge >= 0.3 is 0 Å². The van der Waals surface area contributed by atoms with Crippen LogP contribution in [-0.2, 0) is 20.0 Å². The molecule has 1 N–H and O–H groups in total. The predicted octanol–water partition coefficient (Wildman–Crippen LogP) is 3.99. The number of hydrogen-bond donors (Lipinski definition) is 1. The van der Waals surface area contributed by atoms with E-state index in [-0.39, 0.29) is 10.6 Å². The lowest BCUT2D eigenvalue weighted by molar-refractivity contribution is -0.384. The van der Waals surface area contributed by atoms with Crippen molar-refractivity contribution < 1.29 is 13.7 Å². The third-order valence-corrected chi connectivity index (χ3v) is 5.00. The third kappa shape index (κ3) is 2.94. The molecule has 1 atom stereocenters. The van der Waals surface area contributed by atoms with E-state index in [0.29, 0.717) is 5.39 Å². The highest BCUT2D eigenvalue weighted by Gasteiger charge is 2.14. The summed E-state index contributed by atoms with van der Waals surface area (Å²) in [6, 6.07) is 16.6. The molecule has 1 unspecified atom stereocenters. The number of rotatable bonds is 3. The number of nitro groups is 1. The number of benzene rings is 3. The van der Waals surface area contributed by atoms with Crippen molar-refractivity contribution in [1.82, 2.24) is 0 Å². The van der Waals surface area contributed by atoms with Crippen LogP contribution in [0.2, 0.25) is 0 Å². The summed E-state index contributed by atoms with van der Waals surface area (Å²) in [5, 5.41) is 12.1. The van der Waals surface area contributed by atoms with Crippen LogP contribution in [0.1, 0.15) is 0 Å². The van der Waals surface area contributed by atoms with Crippen LogP contribution in [0.25, 0.3) is 21.9 Å². The molecular formula is C16H11NO4S2. The van der Waals surface area contributed by atoms with Crippen molar-refractivity contribution in [3.8, 4) is 11.1 Å². The highest BCUT2D eigenvalue weighted by atomic mass is 32.8. The van der Waals surface area contributed by atoms with Crippen LogP contribution < -0.4 is 0 Å². The molecule has 0 spiro atoms. The standard InChI is InChI=1S/C16H11NO4S2/c18-17(19)12-7-5-11(6-8-12)13-9-10-16(23(20,21)22)15-4-2-1-3-14(13)15/h1-10H,(H,20,21,22). The van der Waals surface area contributed by atoms with Crippen molar-refractivity contribution in [3.05, 3.63) is 70.8 Å². The molecule has 0 fully saturated rings. The maximum absolute atomic E-state index is 11.9. The highest BCUT2D eigenvalue weighted by molar-refractivity contribution is 8.29. The van der Waals surface area contributed by atoms with Crippen LogP contribution in [-0.4, -0.2) is 13.7 Å². The molecule has 3 aromatic carbocycles. The first kappa shape index (κ1) is 15.5. The Morgan fingerprint density at radius 3 is 2.13 bits per heavy atom. The van der Waals surface area contributed by atoms with Crippen molar-refractivity contribution in [2.45, 2.75) is 4.90 Å². The topological polar surface area (TPSA) is 80.4 Å². The highest BCUT2D eigenvalue weighted by Crippen LogP contribution is 2.33. The predicted molar refractivity (Wildman–Crippen MR) is 92.4 cm³/mol. The number of nitrogens with zero attached hydrogens (tertiary/aromatic N) is 1. The number of nitro benzene ring substituents is 1.